The Bertz CT molecular complexity index is 1010. The Hall–Kier alpha value is -1.74. The van der Waals surface area contributed by atoms with E-state index in [1.165, 1.54) is 22.5 Å². The van der Waals surface area contributed by atoms with Crippen LogP contribution in [0.3, 0.4) is 0 Å². The van der Waals surface area contributed by atoms with Gasteiger partial charge in [0.25, 0.3) is 0 Å². The van der Waals surface area contributed by atoms with Crippen molar-refractivity contribution in [2.45, 2.75) is 89.9 Å². The van der Waals surface area contributed by atoms with Gasteiger partial charge in [-0.3, -0.25) is 9.36 Å². The Labute approximate surface area is 189 Å². The summed E-state index contributed by atoms with van der Waals surface area (Å²) in [5.41, 5.74) is 7.54. The molecule has 0 saturated carbocycles. The third kappa shape index (κ3) is 3.10. The van der Waals surface area contributed by atoms with Gasteiger partial charge in [-0.1, -0.05) is 6.92 Å². The number of hydrogen-bond acceptors (Lipinski definition) is 6. The number of aromatic nitrogens is 4. The summed E-state index contributed by atoms with van der Waals surface area (Å²) in [7, 11) is 0. The minimum Gasteiger partial charge on any atom is -0.347 e. The van der Waals surface area contributed by atoms with Gasteiger partial charge in [0.1, 0.15) is 0 Å². The Morgan fingerprint density at radius 2 is 1.44 bits per heavy atom. The van der Waals surface area contributed by atoms with Gasteiger partial charge in [-0.15, -0.1) is 0 Å². The van der Waals surface area contributed by atoms with Crippen LogP contribution in [-0.4, -0.2) is 57.6 Å². The van der Waals surface area contributed by atoms with Gasteiger partial charge in [0.15, 0.2) is 11.6 Å². The molecule has 4 aliphatic rings. The molecule has 8 heteroatoms. The lowest BCUT2D eigenvalue weighted by Crippen LogP contribution is -2.38. The second kappa shape index (κ2) is 7.65. The summed E-state index contributed by atoms with van der Waals surface area (Å²) in [5.74, 6) is -0.911. The zero-order chi connectivity index (χ0) is 21.9. The van der Waals surface area contributed by atoms with E-state index in [9.17, 15) is 0 Å². The van der Waals surface area contributed by atoms with E-state index in [-0.39, 0.29) is 6.04 Å². The van der Waals surface area contributed by atoms with E-state index in [0.717, 1.165) is 62.9 Å². The van der Waals surface area contributed by atoms with Crippen LogP contribution >= 0.6 is 0 Å². The van der Waals surface area contributed by atoms with Crippen molar-refractivity contribution in [1.82, 2.24) is 19.6 Å². The van der Waals surface area contributed by atoms with E-state index in [0.29, 0.717) is 26.4 Å². The normalized spacial score (nSPS) is 24.2. The molecule has 2 fully saturated rings. The van der Waals surface area contributed by atoms with Gasteiger partial charge in [-0.05, 0) is 33.1 Å². The molecule has 2 spiro atoms. The molecule has 2 saturated heterocycles. The van der Waals surface area contributed by atoms with Crippen LogP contribution in [0.25, 0.3) is 0 Å². The van der Waals surface area contributed by atoms with E-state index >= 15 is 0 Å². The summed E-state index contributed by atoms with van der Waals surface area (Å²) in [6.07, 6.45) is 6.12. The summed E-state index contributed by atoms with van der Waals surface area (Å²) in [6, 6.07) is 0.0571. The summed E-state index contributed by atoms with van der Waals surface area (Å²) in [5, 5.41) is 10.2. The van der Waals surface area contributed by atoms with E-state index in [1.807, 2.05) is 0 Å². The average molecular weight is 443 g/mol. The third-order valence-corrected chi connectivity index (χ3v) is 7.80. The summed E-state index contributed by atoms with van der Waals surface area (Å²) >= 11 is 0. The summed E-state index contributed by atoms with van der Waals surface area (Å²) < 4.78 is 28.6. The molecule has 2 aliphatic carbocycles. The first-order chi connectivity index (χ1) is 15.6. The van der Waals surface area contributed by atoms with E-state index < -0.39 is 11.6 Å². The Morgan fingerprint density at radius 3 is 2.03 bits per heavy atom. The number of nitrogens with zero attached hydrogens (tertiary/aromatic N) is 4. The van der Waals surface area contributed by atoms with E-state index in [4.69, 9.17) is 29.1 Å². The predicted molar refractivity (Wildman–Crippen MR) is 117 cm³/mol. The van der Waals surface area contributed by atoms with Gasteiger partial charge >= 0.3 is 0 Å². The highest BCUT2D eigenvalue weighted by Crippen LogP contribution is 2.41. The highest BCUT2D eigenvalue weighted by Gasteiger charge is 2.45. The van der Waals surface area contributed by atoms with Crippen molar-refractivity contribution < 1.29 is 18.9 Å². The van der Waals surface area contributed by atoms with Crippen LogP contribution in [0, 0.1) is 0 Å². The molecule has 8 nitrogen and oxygen atoms in total. The molecule has 4 heterocycles. The summed E-state index contributed by atoms with van der Waals surface area (Å²) in [6.45, 7) is 10.2. The molecular formula is C24H34N4O4. The Balaban J connectivity index is 1.39. The van der Waals surface area contributed by atoms with Crippen LogP contribution in [-0.2, 0) is 57.6 Å². The minimum atomic E-state index is -0.468. The van der Waals surface area contributed by atoms with E-state index in [1.54, 1.807) is 0 Å². The molecule has 0 bridgehead atoms. The second-order valence-electron chi connectivity index (χ2n) is 9.54. The van der Waals surface area contributed by atoms with Gasteiger partial charge in [0.2, 0.25) is 0 Å². The van der Waals surface area contributed by atoms with Crippen LogP contribution in [0.5, 0.6) is 0 Å². The first-order valence-electron chi connectivity index (χ1n) is 12.3. The number of rotatable bonds is 4. The number of fused-ring (bicyclic) bond motifs is 2. The van der Waals surface area contributed by atoms with Gasteiger partial charge in [-0.25, -0.2) is 0 Å². The largest absolute Gasteiger partial charge is 0.347 e. The molecule has 2 aromatic heterocycles. The first kappa shape index (κ1) is 20.8. The maximum absolute atomic E-state index is 6.08. The molecule has 2 aliphatic heterocycles. The van der Waals surface area contributed by atoms with Crippen molar-refractivity contribution >= 4 is 0 Å². The molecule has 0 amide bonds. The number of aryl methyl sites for hydroxylation is 2. The van der Waals surface area contributed by atoms with Crippen molar-refractivity contribution in [2.75, 3.05) is 26.4 Å². The zero-order valence-electron chi connectivity index (χ0n) is 19.5. The zero-order valence-corrected chi connectivity index (χ0v) is 19.5. The lowest BCUT2D eigenvalue weighted by molar-refractivity contribution is -0.164. The van der Waals surface area contributed by atoms with Gasteiger partial charge in [0, 0.05) is 54.7 Å². The van der Waals surface area contributed by atoms with Gasteiger partial charge < -0.3 is 18.9 Å². The van der Waals surface area contributed by atoms with Crippen LogP contribution in [0.4, 0.5) is 0 Å². The van der Waals surface area contributed by atoms with Crippen LogP contribution in [0.1, 0.15) is 73.6 Å². The standard InChI is InChI=1S/C24H34N4O4/c1-4-19-17-14-23(29-10-11-30-23)9-7-21(17)28(25-19)16(3)22-18-15-24(31-12-13-32-24)8-6-20(18)27(5-2)26-22/h16H,4-15H2,1-3H3. The highest BCUT2D eigenvalue weighted by molar-refractivity contribution is 5.36. The maximum Gasteiger partial charge on any atom is 0.172 e. The molecule has 2 aromatic rings. The van der Waals surface area contributed by atoms with Crippen LogP contribution in [0.2, 0.25) is 0 Å². The Kier molecular flexibility index (Phi) is 4.98. The monoisotopic (exact) mass is 442 g/mol. The second-order valence-corrected chi connectivity index (χ2v) is 9.54. The fraction of sp³-hybridized carbons (Fsp3) is 0.750. The van der Waals surface area contributed by atoms with Crippen molar-refractivity contribution in [1.29, 1.82) is 0 Å². The van der Waals surface area contributed by atoms with Crippen molar-refractivity contribution in [2.24, 2.45) is 0 Å². The molecule has 1 atom stereocenters. The van der Waals surface area contributed by atoms with Crippen molar-refractivity contribution in [3.63, 3.8) is 0 Å². The molecule has 0 N–H and O–H groups in total. The number of ether oxygens (including phenoxy) is 4. The molecule has 32 heavy (non-hydrogen) atoms. The maximum atomic E-state index is 6.08. The molecule has 0 aromatic carbocycles. The lowest BCUT2D eigenvalue weighted by atomic mass is 9.88. The molecule has 1 unspecified atom stereocenters. The highest BCUT2D eigenvalue weighted by atomic mass is 16.7. The van der Waals surface area contributed by atoms with Crippen LogP contribution in [0.15, 0.2) is 0 Å². The molecule has 0 radical (unpaired) electrons. The number of hydrogen-bond donors (Lipinski definition) is 0. The summed E-state index contributed by atoms with van der Waals surface area (Å²) in [4.78, 5) is 0. The smallest absolute Gasteiger partial charge is 0.172 e. The first-order valence-corrected chi connectivity index (χ1v) is 12.3. The fourth-order valence-corrected chi connectivity index (χ4v) is 6.19. The predicted octanol–water partition coefficient (Wildman–Crippen LogP) is 2.73. The van der Waals surface area contributed by atoms with Crippen LogP contribution < -0.4 is 0 Å². The van der Waals surface area contributed by atoms with Crippen molar-refractivity contribution in [3.05, 3.63) is 33.9 Å². The topological polar surface area (TPSA) is 72.6 Å². The van der Waals surface area contributed by atoms with Crippen molar-refractivity contribution in [3.8, 4) is 0 Å². The van der Waals surface area contributed by atoms with Gasteiger partial charge in [0.05, 0.1) is 43.9 Å². The third-order valence-electron chi connectivity index (χ3n) is 7.80. The molecule has 6 rings (SSSR count). The lowest BCUT2D eigenvalue weighted by Gasteiger charge is -2.33. The molecular weight excluding hydrogens is 408 g/mol. The average Bonchev–Trinajstić information content (AvgIpc) is 3.59. The quantitative estimate of drug-likeness (QED) is 0.725. The fourth-order valence-electron chi connectivity index (χ4n) is 6.19. The van der Waals surface area contributed by atoms with Gasteiger partial charge in [-0.2, -0.15) is 10.2 Å². The Morgan fingerprint density at radius 1 is 0.844 bits per heavy atom. The van der Waals surface area contributed by atoms with E-state index in [2.05, 4.69) is 30.1 Å². The molecule has 174 valence electrons. The minimum absolute atomic E-state index is 0.0571. The SMILES string of the molecule is CCc1nn(C(C)c2nn(CC)c3c2CC2(CC3)OCCO2)c2c1CC1(CC2)OCCO1.